The summed E-state index contributed by atoms with van der Waals surface area (Å²) in [7, 11) is 0. The zero-order valence-corrected chi connectivity index (χ0v) is 10.6. The third-order valence-corrected chi connectivity index (χ3v) is 3.85. The minimum absolute atomic E-state index is 0.409. The van der Waals surface area contributed by atoms with Crippen molar-refractivity contribution in [2.75, 3.05) is 0 Å². The van der Waals surface area contributed by atoms with E-state index >= 15 is 0 Å². The second-order valence-electron chi connectivity index (χ2n) is 5.52. The van der Waals surface area contributed by atoms with E-state index in [2.05, 4.69) is 20.8 Å². The van der Waals surface area contributed by atoms with Crippen molar-refractivity contribution in [2.45, 2.75) is 65.7 Å². The third-order valence-electron chi connectivity index (χ3n) is 3.85. The highest BCUT2D eigenvalue weighted by Crippen LogP contribution is 2.32. The fourth-order valence-corrected chi connectivity index (χ4v) is 2.53. The number of rotatable bonds is 5. The molecule has 0 N–H and O–H groups in total. The first-order valence-electron chi connectivity index (χ1n) is 6.66. The van der Waals surface area contributed by atoms with Gasteiger partial charge in [0.15, 0.2) is 0 Å². The molecule has 0 bridgehead atoms. The molecular formula is C14H26O. The second kappa shape index (κ2) is 6.30. The Morgan fingerprint density at radius 1 is 1.20 bits per heavy atom. The standard InChI is InChI=1S/C14H26O/c1-4-12-6-8-13(9-7-12)14(15)10-5-11(2)3/h11-13H,4-10H2,1-3H3. The normalized spacial score (nSPS) is 26.9. The predicted octanol–water partition coefficient (Wildman–Crippen LogP) is 4.21. The SMILES string of the molecule is CCC1CCC(C(=O)CCC(C)C)CC1. The highest BCUT2D eigenvalue weighted by molar-refractivity contribution is 5.81. The van der Waals surface area contributed by atoms with Crippen LogP contribution in [0.1, 0.15) is 65.7 Å². The lowest BCUT2D eigenvalue weighted by Gasteiger charge is -2.26. The van der Waals surface area contributed by atoms with Gasteiger partial charge in [-0.3, -0.25) is 4.79 Å². The van der Waals surface area contributed by atoms with Crippen molar-refractivity contribution in [1.29, 1.82) is 0 Å². The molecule has 1 rings (SSSR count). The maximum Gasteiger partial charge on any atom is 0.135 e. The largest absolute Gasteiger partial charge is 0.299 e. The smallest absolute Gasteiger partial charge is 0.135 e. The molecule has 1 saturated carbocycles. The molecule has 0 saturated heterocycles. The average molecular weight is 210 g/mol. The molecule has 15 heavy (non-hydrogen) atoms. The van der Waals surface area contributed by atoms with E-state index in [1.54, 1.807) is 0 Å². The molecule has 0 heterocycles. The van der Waals surface area contributed by atoms with Gasteiger partial charge in [-0.25, -0.2) is 0 Å². The summed E-state index contributed by atoms with van der Waals surface area (Å²) < 4.78 is 0. The number of carbonyl (C=O) groups is 1. The van der Waals surface area contributed by atoms with Gasteiger partial charge in [0.2, 0.25) is 0 Å². The van der Waals surface area contributed by atoms with Crippen molar-refractivity contribution < 1.29 is 4.79 Å². The van der Waals surface area contributed by atoms with Gasteiger partial charge in [0, 0.05) is 12.3 Å². The van der Waals surface area contributed by atoms with Crippen molar-refractivity contribution in [2.24, 2.45) is 17.8 Å². The van der Waals surface area contributed by atoms with Crippen LogP contribution in [-0.4, -0.2) is 5.78 Å². The molecule has 0 aromatic rings. The van der Waals surface area contributed by atoms with Gasteiger partial charge in [0.05, 0.1) is 0 Å². The Bertz CT molecular complexity index is 188. The molecule has 88 valence electrons. The van der Waals surface area contributed by atoms with Crippen LogP contribution in [0.4, 0.5) is 0 Å². The molecule has 0 spiro atoms. The molecule has 0 aromatic heterocycles. The number of carbonyl (C=O) groups excluding carboxylic acids is 1. The van der Waals surface area contributed by atoms with Gasteiger partial charge >= 0.3 is 0 Å². The van der Waals surface area contributed by atoms with Crippen LogP contribution in [0.15, 0.2) is 0 Å². The van der Waals surface area contributed by atoms with Crippen LogP contribution < -0.4 is 0 Å². The molecule has 0 radical (unpaired) electrons. The van der Waals surface area contributed by atoms with E-state index in [4.69, 9.17) is 0 Å². The van der Waals surface area contributed by atoms with Crippen LogP contribution in [-0.2, 0) is 4.79 Å². The Kier molecular flexibility index (Phi) is 5.35. The first-order valence-corrected chi connectivity index (χ1v) is 6.66. The summed E-state index contributed by atoms with van der Waals surface area (Å²) in [6, 6.07) is 0. The van der Waals surface area contributed by atoms with E-state index in [1.165, 1.54) is 19.3 Å². The molecule has 1 fully saturated rings. The molecular weight excluding hydrogens is 184 g/mol. The van der Waals surface area contributed by atoms with Crippen molar-refractivity contribution in [3.05, 3.63) is 0 Å². The van der Waals surface area contributed by atoms with E-state index in [0.717, 1.165) is 31.6 Å². The summed E-state index contributed by atoms with van der Waals surface area (Å²) in [5, 5.41) is 0. The molecule has 1 nitrogen and oxygen atoms in total. The Morgan fingerprint density at radius 3 is 2.27 bits per heavy atom. The van der Waals surface area contributed by atoms with Crippen molar-refractivity contribution in [3.8, 4) is 0 Å². The maximum absolute atomic E-state index is 11.9. The summed E-state index contributed by atoms with van der Waals surface area (Å²) >= 11 is 0. The molecule has 0 aromatic carbocycles. The van der Waals surface area contributed by atoms with Gasteiger partial charge in [0.25, 0.3) is 0 Å². The van der Waals surface area contributed by atoms with Crippen LogP contribution in [0.2, 0.25) is 0 Å². The summed E-state index contributed by atoms with van der Waals surface area (Å²) in [6.07, 6.45) is 8.09. The fraction of sp³-hybridized carbons (Fsp3) is 0.929. The average Bonchev–Trinajstić information content (AvgIpc) is 2.26. The minimum atomic E-state index is 0.409. The molecule has 0 unspecified atom stereocenters. The van der Waals surface area contributed by atoms with E-state index in [1.807, 2.05) is 0 Å². The zero-order valence-electron chi connectivity index (χ0n) is 10.6. The third kappa shape index (κ3) is 4.36. The Hall–Kier alpha value is -0.330. The van der Waals surface area contributed by atoms with Crippen LogP contribution in [0.3, 0.4) is 0 Å². The molecule has 1 aliphatic carbocycles. The number of hydrogen-bond acceptors (Lipinski definition) is 1. The van der Waals surface area contributed by atoms with Crippen molar-refractivity contribution in [1.82, 2.24) is 0 Å². The van der Waals surface area contributed by atoms with E-state index < -0.39 is 0 Å². The first kappa shape index (κ1) is 12.7. The number of ketones is 1. The molecule has 0 atom stereocenters. The van der Waals surface area contributed by atoms with Gasteiger partial charge in [-0.05, 0) is 43.9 Å². The molecule has 0 aliphatic heterocycles. The van der Waals surface area contributed by atoms with Crippen LogP contribution in [0, 0.1) is 17.8 Å². The fourth-order valence-electron chi connectivity index (χ4n) is 2.53. The number of hydrogen-bond donors (Lipinski definition) is 0. The van der Waals surface area contributed by atoms with Crippen LogP contribution in [0.5, 0.6) is 0 Å². The van der Waals surface area contributed by atoms with Gasteiger partial charge < -0.3 is 0 Å². The van der Waals surface area contributed by atoms with Gasteiger partial charge in [-0.15, -0.1) is 0 Å². The Labute approximate surface area is 94.6 Å². The lowest BCUT2D eigenvalue weighted by atomic mass is 9.78. The quantitative estimate of drug-likeness (QED) is 0.664. The van der Waals surface area contributed by atoms with E-state index in [0.29, 0.717) is 17.6 Å². The maximum atomic E-state index is 11.9. The van der Waals surface area contributed by atoms with Crippen LogP contribution in [0.25, 0.3) is 0 Å². The second-order valence-corrected chi connectivity index (χ2v) is 5.52. The Morgan fingerprint density at radius 2 is 1.80 bits per heavy atom. The highest BCUT2D eigenvalue weighted by atomic mass is 16.1. The zero-order chi connectivity index (χ0) is 11.3. The molecule has 1 aliphatic rings. The lowest BCUT2D eigenvalue weighted by Crippen LogP contribution is -2.21. The van der Waals surface area contributed by atoms with E-state index in [-0.39, 0.29) is 0 Å². The van der Waals surface area contributed by atoms with Crippen LogP contribution >= 0.6 is 0 Å². The van der Waals surface area contributed by atoms with Crippen molar-refractivity contribution >= 4 is 5.78 Å². The van der Waals surface area contributed by atoms with Gasteiger partial charge in [-0.1, -0.05) is 27.2 Å². The molecule has 1 heteroatoms. The summed E-state index contributed by atoms with van der Waals surface area (Å²) in [4.78, 5) is 11.9. The van der Waals surface area contributed by atoms with Gasteiger partial charge in [-0.2, -0.15) is 0 Å². The minimum Gasteiger partial charge on any atom is -0.299 e. The summed E-state index contributed by atoms with van der Waals surface area (Å²) in [6.45, 7) is 6.66. The number of Topliss-reactive ketones (excluding diaryl/α,β-unsaturated/α-hetero) is 1. The van der Waals surface area contributed by atoms with E-state index in [9.17, 15) is 4.79 Å². The molecule has 0 amide bonds. The topological polar surface area (TPSA) is 17.1 Å². The summed E-state index contributed by atoms with van der Waals surface area (Å²) in [5.41, 5.74) is 0. The monoisotopic (exact) mass is 210 g/mol. The lowest BCUT2D eigenvalue weighted by molar-refractivity contribution is -0.124. The highest BCUT2D eigenvalue weighted by Gasteiger charge is 2.24. The predicted molar refractivity (Wildman–Crippen MR) is 64.8 cm³/mol. The first-order chi connectivity index (χ1) is 7.13. The van der Waals surface area contributed by atoms with Crippen molar-refractivity contribution in [3.63, 3.8) is 0 Å². The Balaban J connectivity index is 2.24. The van der Waals surface area contributed by atoms with Gasteiger partial charge in [0.1, 0.15) is 5.78 Å². The summed E-state index contributed by atoms with van der Waals surface area (Å²) in [5.74, 6) is 2.52.